The van der Waals surface area contributed by atoms with Crippen LogP contribution in [0.4, 0.5) is 10.5 Å². The average molecular weight is 281 g/mol. The van der Waals surface area contributed by atoms with E-state index in [0.717, 1.165) is 0 Å². The molecule has 1 amide bonds. The Balaban J connectivity index is 2.85. The molecular weight excluding hydrogens is 272 g/mol. The molecule has 3 nitrogen and oxygen atoms in total. The molecule has 0 aliphatic heterocycles. The summed E-state index contributed by atoms with van der Waals surface area (Å²) in [6, 6.07) is 6.62. The number of nitrogens with zero attached hydrogens (tertiary/aromatic N) is 1. The van der Waals surface area contributed by atoms with Gasteiger partial charge in [-0.2, -0.15) is 0 Å². The lowest BCUT2D eigenvalue weighted by Crippen LogP contribution is -2.27. The van der Waals surface area contributed by atoms with E-state index < -0.39 is 10.6 Å². The normalized spacial score (nSPS) is 9.94. The van der Waals surface area contributed by atoms with Gasteiger partial charge in [0, 0.05) is 23.7 Å². The van der Waals surface area contributed by atoms with Gasteiger partial charge in [-0.1, -0.05) is 17.7 Å². The molecule has 0 radical (unpaired) electrons. The molecule has 0 bridgehead atoms. The van der Waals surface area contributed by atoms with E-state index >= 15 is 0 Å². The van der Waals surface area contributed by atoms with E-state index in [-0.39, 0.29) is 13.0 Å². The fourth-order valence-electron chi connectivity index (χ4n) is 1.16. The summed E-state index contributed by atoms with van der Waals surface area (Å²) in [6.07, 6.45) is 0.0343. The lowest BCUT2D eigenvalue weighted by atomic mass is 10.3. The van der Waals surface area contributed by atoms with Gasteiger partial charge in [-0.3, -0.25) is 14.5 Å². The Labute approximate surface area is 108 Å². The first kappa shape index (κ1) is 13.3. The lowest BCUT2D eigenvalue weighted by Gasteiger charge is -2.18. The van der Waals surface area contributed by atoms with Crippen molar-refractivity contribution in [3.63, 3.8) is 0 Å². The molecule has 1 aromatic rings. The van der Waals surface area contributed by atoms with Gasteiger partial charge in [0.15, 0.2) is 0 Å². The monoisotopic (exact) mass is 279 g/mol. The number of hydrogen-bond acceptors (Lipinski definition) is 2. The number of anilines is 1. The number of amides is 1. The summed E-state index contributed by atoms with van der Waals surface area (Å²) in [6.45, 7) is 0.130. The summed E-state index contributed by atoms with van der Waals surface area (Å²) in [5, 5.41) is -0.720. The van der Waals surface area contributed by atoms with E-state index in [1.807, 2.05) is 0 Å². The number of benzene rings is 1. The van der Waals surface area contributed by atoms with Gasteiger partial charge in [-0.15, -0.1) is 0 Å². The Morgan fingerprint density at radius 1 is 1.25 bits per heavy atom. The van der Waals surface area contributed by atoms with E-state index in [0.29, 0.717) is 10.7 Å². The first-order chi connectivity index (χ1) is 7.50. The molecule has 16 heavy (non-hydrogen) atoms. The minimum Gasteiger partial charge on any atom is -0.298 e. The minimum absolute atomic E-state index is 0.0343. The molecular formula is C10H8Cl3NO2. The van der Waals surface area contributed by atoms with Crippen LogP contribution in [0.3, 0.4) is 0 Å². The zero-order valence-electron chi connectivity index (χ0n) is 8.12. The van der Waals surface area contributed by atoms with Crippen LogP contribution in [0.5, 0.6) is 0 Å². The highest BCUT2D eigenvalue weighted by Crippen LogP contribution is 2.21. The largest absolute Gasteiger partial charge is 0.320 e. The van der Waals surface area contributed by atoms with Crippen molar-refractivity contribution < 1.29 is 9.59 Å². The number of carbonyl (C=O) groups is 2. The molecule has 0 saturated carbocycles. The fraction of sp³-hybridized carbons (Fsp3) is 0.200. The van der Waals surface area contributed by atoms with Crippen LogP contribution in [0.25, 0.3) is 0 Å². The molecule has 86 valence electrons. The Hall–Kier alpha value is -0.770. The van der Waals surface area contributed by atoms with Crippen molar-refractivity contribution in [1.29, 1.82) is 0 Å². The molecule has 0 saturated heterocycles. The van der Waals surface area contributed by atoms with Gasteiger partial charge in [0.1, 0.15) is 0 Å². The second-order valence-electron chi connectivity index (χ2n) is 2.99. The van der Waals surface area contributed by atoms with Crippen molar-refractivity contribution in [3.8, 4) is 0 Å². The van der Waals surface area contributed by atoms with E-state index in [9.17, 15) is 9.59 Å². The number of rotatable bonds is 4. The van der Waals surface area contributed by atoms with Crippen LogP contribution < -0.4 is 4.90 Å². The van der Waals surface area contributed by atoms with Crippen LogP contribution in [-0.2, 0) is 4.79 Å². The second kappa shape index (κ2) is 6.09. The predicted molar refractivity (Wildman–Crippen MR) is 65.5 cm³/mol. The first-order valence-electron chi connectivity index (χ1n) is 4.41. The Morgan fingerprint density at radius 3 is 2.44 bits per heavy atom. The fourth-order valence-corrected chi connectivity index (χ4v) is 1.61. The Bertz CT molecular complexity index is 409. The van der Waals surface area contributed by atoms with Gasteiger partial charge in [-0.05, 0) is 41.4 Å². The van der Waals surface area contributed by atoms with Crippen LogP contribution in [-0.4, -0.2) is 17.2 Å². The maximum atomic E-state index is 11.2. The standard InChI is InChI=1S/C10H8Cl3NO2/c11-7-2-1-3-8(6-7)14(10(13)16)5-4-9(12)15/h1-3,6H,4-5H2. The van der Waals surface area contributed by atoms with Crippen molar-refractivity contribution in [3.05, 3.63) is 29.3 Å². The Kier molecular flexibility index (Phi) is 5.06. The van der Waals surface area contributed by atoms with Crippen molar-refractivity contribution in [2.45, 2.75) is 6.42 Å². The highest BCUT2D eigenvalue weighted by molar-refractivity contribution is 6.66. The van der Waals surface area contributed by atoms with E-state index in [4.69, 9.17) is 34.8 Å². The number of halogens is 3. The zero-order valence-corrected chi connectivity index (χ0v) is 10.4. The second-order valence-corrected chi connectivity index (χ2v) is 4.17. The zero-order chi connectivity index (χ0) is 12.1. The van der Waals surface area contributed by atoms with Crippen LogP contribution in [0, 0.1) is 0 Å². The summed E-state index contributed by atoms with van der Waals surface area (Å²) in [5.41, 5.74) is 0.533. The van der Waals surface area contributed by atoms with Crippen molar-refractivity contribution >= 4 is 51.1 Å². The summed E-state index contributed by atoms with van der Waals surface area (Å²) in [4.78, 5) is 23.0. The van der Waals surface area contributed by atoms with Crippen LogP contribution in [0.2, 0.25) is 5.02 Å². The summed E-state index contributed by atoms with van der Waals surface area (Å²) < 4.78 is 0. The van der Waals surface area contributed by atoms with Gasteiger partial charge in [-0.25, -0.2) is 0 Å². The molecule has 0 aliphatic rings. The van der Waals surface area contributed by atoms with Gasteiger partial charge >= 0.3 is 5.37 Å². The topological polar surface area (TPSA) is 37.4 Å². The minimum atomic E-state index is -0.680. The number of hydrogen-bond donors (Lipinski definition) is 0. The van der Waals surface area contributed by atoms with Gasteiger partial charge in [0.25, 0.3) is 0 Å². The molecule has 0 fully saturated rings. The Morgan fingerprint density at radius 2 is 1.94 bits per heavy atom. The van der Waals surface area contributed by atoms with E-state index in [2.05, 4.69) is 0 Å². The molecule has 0 aromatic heterocycles. The van der Waals surface area contributed by atoms with Gasteiger partial charge in [0.2, 0.25) is 5.24 Å². The molecule has 6 heteroatoms. The van der Waals surface area contributed by atoms with Crippen molar-refractivity contribution in [2.75, 3.05) is 11.4 Å². The lowest BCUT2D eigenvalue weighted by molar-refractivity contribution is -0.111. The smallest absolute Gasteiger partial charge is 0.298 e. The van der Waals surface area contributed by atoms with Crippen LogP contribution in [0.15, 0.2) is 24.3 Å². The third-order valence-electron chi connectivity index (χ3n) is 1.86. The highest BCUT2D eigenvalue weighted by Gasteiger charge is 2.14. The quantitative estimate of drug-likeness (QED) is 0.623. The molecule has 0 atom stereocenters. The maximum Gasteiger partial charge on any atom is 0.320 e. The molecule has 0 heterocycles. The van der Waals surface area contributed by atoms with Crippen LogP contribution >= 0.6 is 34.8 Å². The molecule has 0 N–H and O–H groups in total. The third-order valence-corrected chi connectivity index (χ3v) is 2.49. The summed E-state index contributed by atoms with van der Waals surface area (Å²) in [5.74, 6) is 0. The third kappa shape index (κ3) is 4.00. The molecule has 0 unspecified atom stereocenters. The molecule has 0 aliphatic carbocycles. The highest BCUT2D eigenvalue weighted by atomic mass is 35.5. The summed E-state index contributed by atoms with van der Waals surface area (Å²) in [7, 11) is 0. The first-order valence-corrected chi connectivity index (χ1v) is 5.55. The van der Waals surface area contributed by atoms with E-state index in [1.54, 1.807) is 24.3 Å². The van der Waals surface area contributed by atoms with Crippen molar-refractivity contribution in [2.24, 2.45) is 0 Å². The van der Waals surface area contributed by atoms with Gasteiger partial charge < -0.3 is 0 Å². The van der Waals surface area contributed by atoms with E-state index in [1.165, 1.54) is 4.90 Å². The predicted octanol–water partition coefficient (Wildman–Crippen LogP) is 3.66. The molecule has 1 aromatic carbocycles. The van der Waals surface area contributed by atoms with Crippen molar-refractivity contribution in [1.82, 2.24) is 0 Å². The summed E-state index contributed by atoms with van der Waals surface area (Å²) >= 11 is 16.4. The maximum absolute atomic E-state index is 11.2. The molecule has 0 spiro atoms. The molecule has 1 rings (SSSR count). The van der Waals surface area contributed by atoms with Gasteiger partial charge in [0.05, 0.1) is 0 Å². The number of carbonyl (C=O) groups excluding carboxylic acids is 2. The SMILES string of the molecule is O=C(Cl)CCN(C(=O)Cl)c1cccc(Cl)c1. The average Bonchev–Trinajstić information content (AvgIpc) is 2.17. The van der Waals surface area contributed by atoms with Crippen LogP contribution in [0.1, 0.15) is 6.42 Å².